The van der Waals surface area contributed by atoms with Crippen LogP contribution in [0.4, 0.5) is 0 Å². The Morgan fingerprint density at radius 1 is 0.763 bits per heavy atom. The lowest BCUT2D eigenvalue weighted by Gasteiger charge is -2.18. The number of carbonyl (C=O) groups excluding carboxylic acids is 2. The van der Waals surface area contributed by atoms with E-state index in [0.717, 1.165) is 51.4 Å². The third-order valence-electron chi connectivity index (χ3n) is 6.02. The van der Waals surface area contributed by atoms with Crippen LogP contribution in [0.3, 0.4) is 0 Å². The molecule has 3 N–H and O–H groups in total. The molecule has 0 radical (unpaired) electrons. The van der Waals surface area contributed by atoms with Crippen LogP contribution in [0.1, 0.15) is 123 Å². The molecule has 1 atom stereocenters. The van der Waals surface area contributed by atoms with Gasteiger partial charge in [0.25, 0.3) is 0 Å². The molecule has 0 spiro atoms. The van der Waals surface area contributed by atoms with Gasteiger partial charge in [-0.15, -0.1) is 0 Å². The largest absolute Gasteiger partial charge is 0.469 e. The smallest absolute Gasteiger partial charge is 0.457 e. The molecule has 0 aromatic carbocycles. The normalized spacial score (nSPS) is 12.4. The summed E-state index contributed by atoms with van der Waals surface area (Å²) in [7, 11) is -4.68. The van der Waals surface area contributed by atoms with Crippen LogP contribution in [0, 0.1) is 0 Å². The first-order chi connectivity index (χ1) is 18.2. The van der Waals surface area contributed by atoms with Gasteiger partial charge < -0.3 is 29.3 Å². The van der Waals surface area contributed by atoms with Crippen LogP contribution in [0.5, 0.6) is 0 Å². The van der Waals surface area contributed by atoms with Gasteiger partial charge in [-0.1, -0.05) is 90.4 Å². The molecule has 0 aliphatic heterocycles. The molecule has 0 unspecified atom stereocenters. The standard InChI is InChI=1S/C27H54NO9P/c1-3-4-5-6-7-8-9-10-11-13-16-19-27(30)37-26(23-36-38(31,32)33)22-35-24-34-21-18-15-12-14-17-20-28-25(2)29/h26H,3-24H2,1-2H3,(H,28,29)(H2,31,32,33)/t26-/m0/s1. The second-order valence-corrected chi connectivity index (χ2v) is 11.1. The summed E-state index contributed by atoms with van der Waals surface area (Å²) in [4.78, 5) is 40.9. The lowest BCUT2D eigenvalue weighted by Crippen LogP contribution is -2.28. The van der Waals surface area contributed by atoms with Gasteiger partial charge >= 0.3 is 13.8 Å². The van der Waals surface area contributed by atoms with Gasteiger partial charge in [0.2, 0.25) is 5.91 Å². The third-order valence-corrected chi connectivity index (χ3v) is 6.51. The molecular weight excluding hydrogens is 513 g/mol. The van der Waals surface area contributed by atoms with E-state index in [1.807, 2.05) is 0 Å². The second-order valence-electron chi connectivity index (χ2n) is 9.83. The Kier molecular flexibility index (Phi) is 25.5. The zero-order valence-electron chi connectivity index (χ0n) is 23.8. The van der Waals surface area contributed by atoms with Crippen molar-refractivity contribution in [3.05, 3.63) is 0 Å². The Balaban J connectivity index is 3.89. The summed E-state index contributed by atoms with van der Waals surface area (Å²) in [6.45, 7) is 4.42. The fourth-order valence-electron chi connectivity index (χ4n) is 3.90. The molecule has 226 valence electrons. The van der Waals surface area contributed by atoms with Crippen molar-refractivity contribution in [2.75, 3.05) is 33.2 Å². The van der Waals surface area contributed by atoms with Crippen molar-refractivity contribution in [1.29, 1.82) is 0 Å². The summed E-state index contributed by atoms with van der Waals surface area (Å²) in [6, 6.07) is 0. The van der Waals surface area contributed by atoms with E-state index >= 15 is 0 Å². The molecule has 0 aromatic heterocycles. The Hall–Kier alpha value is -1.03. The van der Waals surface area contributed by atoms with Crippen LogP contribution in [0.2, 0.25) is 0 Å². The average Bonchev–Trinajstić information content (AvgIpc) is 2.85. The van der Waals surface area contributed by atoms with E-state index in [1.54, 1.807) is 0 Å². The van der Waals surface area contributed by atoms with Crippen LogP contribution in [-0.4, -0.2) is 60.9 Å². The summed E-state index contributed by atoms with van der Waals surface area (Å²) in [6.07, 6.45) is 17.3. The highest BCUT2D eigenvalue weighted by Gasteiger charge is 2.21. The van der Waals surface area contributed by atoms with Crippen LogP contribution in [-0.2, 0) is 32.9 Å². The number of hydrogen-bond donors (Lipinski definition) is 3. The quantitative estimate of drug-likeness (QED) is 0.0464. The predicted octanol–water partition coefficient (Wildman–Crippen LogP) is 5.79. The topological polar surface area (TPSA) is 141 Å². The van der Waals surface area contributed by atoms with E-state index < -0.39 is 26.5 Å². The van der Waals surface area contributed by atoms with Gasteiger partial charge in [-0.3, -0.25) is 14.1 Å². The number of phosphoric acid groups is 1. The van der Waals surface area contributed by atoms with Gasteiger partial charge in [0, 0.05) is 26.5 Å². The Morgan fingerprint density at radius 3 is 1.89 bits per heavy atom. The summed E-state index contributed by atoms with van der Waals surface area (Å²) >= 11 is 0. The summed E-state index contributed by atoms with van der Waals surface area (Å²) in [5, 5.41) is 2.77. The Bertz CT molecular complexity index is 615. The number of unbranched alkanes of at least 4 members (excludes halogenated alkanes) is 14. The molecule has 0 rings (SSSR count). The average molecular weight is 568 g/mol. The zero-order chi connectivity index (χ0) is 28.3. The molecule has 0 heterocycles. The fourth-order valence-corrected chi connectivity index (χ4v) is 4.26. The van der Waals surface area contributed by atoms with Crippen molar-refractivity contribution in [3.63, 3.8) is 0 Å². The van der Waals surface area contributed by atoms with Crippen molar-refractivity contribution < 1.29 is 42.7 Å². The molecule has 1 amide bonds. The van der Waals surface area contributed by atoms with Crippen LogP contribution >= 0.6 is 7.82 Å². The van der Waals surface area contributed by atoms with E-state index in [4.69, 9.17) is 24.0 Å². The lowest BCUT2D eigenvalue weighted by atomic mass is 10.1. The van der Waals surface area contributed by atoms with Gasteiger partial charge in [0.1, 0.15) is 12.9 Å². The summed E-state index contributed by atoms with van der Waals surface area (Å²) in [5.74, 6) is -0.434. The van der Waals surface area contributed by atoms with Crippen molar-refractivity contribution in [2.45, 2.75) is 129 Å². The Morgan fingerprint density at radius 2 is 1.32 bits per heavy atom. The van der Waals surface area contributed by atoms with Gasteiger partial charge in [-0.2, -0.15) is 0 Å². The number of amides is 1. The number of ether oxygens (including phenoxy) is 3. The van der Waals surface area contributed by atoms with Crippen LogP contribution in [0.15, 0.2) is 0 Å². The van der Waals surface area contributed by atoms with Crippen molar-refractivity contribution in [2.24, 2.45) is 0 Å². The van der Waals surface area contributed by atoms with E-state index in [1.165, 1.54) is 58.3 Å². The minimum absolute atomic E-state index is 0.00644. The first kappa shape index (κ1) is 37.0. The van der Waals surface area contributed by atoms with Crippen molar-refractivity contribution >= 4 is 19.7 Å². The molecule has 0 saturated heterocycles. The maximum absolute atomic E-state index is 12.2. The Labute approximate surface area is 230 Å². The summed E-state index contributed by atoms with van der Waals surface area (Å²) in [5.41, 5.74) is 0. The van der Waals surface area contributed by atoms with Gasteiger partial charge in [0.05, 0.1) is 13.2 Å². The lowest BCUT2D eigenvalue weighted by molar-refractivity contribution is -0.158. The van der Waals surface area contributed by atoms with Gasteiger partial charge in [-0.05, 0) is 19.3 Å². The van der Waals surface area contributed by atoms with E-state index in [-0.39, 0.29) is 25.7 Å². The van der Waals surface area contributed by atoms with E-state index in [2.05, 4.69) is 16.8 Å². The van der Waals surface area contributed by atoms with Crippen molar-refractivity contribution in [1.82, 2.24) is 5.32 Å². The highest BCUT2D eigenvalue weighted by atomic mass is 31.2. The minimum Gasteiger partial charge on any atom is -0.457 e. The van der Waals surface area contributed by atoms with Gasteiger partial charge in [-0.25, -0.2) is 4.57 Å². The van der Waals surface area contributed by atoms with Crippen LogP contribution < -0.4 is 5.32 Å². The maximum Gasteiger partial charge on any atom is 0.469 e. The SMILES string of the molecule is CCCCCCCCCCCCCC(=O)O[C@@H](COCOCCCCCCCNC(C)=O)COP(=O)(O)O. The number of esters is 1. The third kappa shape index (κ3) is 29.5. The molecule has 0 saturated carbocycles. The summed E-state index contributed by atoms with van der Waals surface area (Å²) < 4.78 is 31.7. The maximum atomic E-state index is 12.2. The molecule has 10 nitrogen and oxygen atoms in total. The molecule has 0 aromatic rings. The molecule has 0 bridgehead atoms. The fraction of sp³-hybridized carbons (Fsp3) is 0.926. The number of hydrogen-bond acceptors (Lipinski definition) is 7. The number of nitrogens with one attached hydrogen (secondary N) is 1. The molecule has 0 fully saturated rings. The number of carbonyl (C=O) groups is 2. The van der Waals surface area contributed by atoms with Crippen molar-refractivity contribution in [3.8, 4) is 0 Å². The molecular formula is C27H54NO9P. The highest BCUT2D eigenvalue weighted by molar-refractivity contribution is 7.46. The molecule has 38 heavy (non-hydrogen) atoms. The molecule has 11 heteroatoms. The zero-order valence-corrected chi connectivity index (χ0v) is 24.7. The first-order valence-electron chi connectivity index (χ1n) is 14.5. The predicted molar refractivity (Wildman–Crippen MR) is 147 cm³/mol. The first-order valence-corrected chi connectivity index (χ1v) is 16.1. The number of rotatable bonds is 28. The molecule has 0 aliphatic carbocycles. The van der Waals surface area contributed by atoms with Crippen LogP contribution in [0.25, 0.3) is 0 Å². The monoisotopic (exact) mass is 567 g/mol. The molecule has 0 aliphatic rings. The van der Waals surface area contributed by atoms with E-state index in [0.29, 0.717) is 13.2 Å². The number of phosphoric ester groups is 1. The highest BCUT2D eigenvalue weighted by Crippen LogP contribution is 2.35. The van der Waals surface area contributed by atoms with Gasteiger partial charge in [0.15, 0.2) is 0 Å². The minimum atomic E-state index is -4.68. The second kappa shape index (κ2) is 26.2. The van der Waals surface area contributed by atoms with E-state index in [9.17, 15) is 14.2 Å².